The number of esters is 1. The topological polar surface area (TPSA) is 120 Å². The van der Waals surface area contributed by atoms with Gasteiger partial charge in [0.1, 0.15) is 5.69 Å². The second-order valence-corrected chi connectivity index (χ2v) is 10.1. The lowest BCUT2D eigenvalue weighted by atomic mass is 10.00. The number of ether oxygens (including phenoxy) is 5. The summed E-state index contributed by atoms with van der Waals surface area (Å²) in [4.78, 5) is 29.9. The number of rotatable bonds is 12. The van der Waals surface area contributed by atoms with Crippen molar-refractivity contribution < 1.29 is 33.3 Å². The lowest BCUT2D eigenvalue weighted by Crippen LogP contribution is -2.19. The highest BCUT2D eigenvalue weighted by atomic mass is 16.6. The fraction of sp³-hybridized carbons (Fsp3) is 0.194. The lowest BCUT2D eigenvalue weighted by molar-refractivity contribution is 0.0727. The number of H-pyrrole nitrogens is 1. The fourth-order valence-electron chi connectivity index (χ4n) is 5.18. The number of fused-ring (bicyclic) bond motifs is 1. The van der Waals surface area contributed by atoms with E-state index in [9.17, 15) is 9.59 Å². The van der Waals surface area contributed by atoms with Gasteiger partial charge in [-0.1, -0.05) is 55.5 Å². The zero-order valence-electron chi connectivity index (χ0n) is 26.3. The molecule has 0 bridgehead atoms. The number of aromatic nitrogens is 1. The number of carbonyl (C=O) groups is 2. The first-order chi connectivity index (χ1) is 22.4. The highest BCUT2D eigenvalue weighted by molar-refractivity contribution is 6.10. The van der Waals surface area contributed by atoms with E-state index in [0.717, 1.165) is 34.0 Å². The molecule has 46 heavy (non-hydrogen) atoms. The van der Waals surface area contributed by atoms with E-state index in [4.69, 9.17) is 23.7 Å². The second kappa shape index (κ2) is 14.3. The van der Waals surface area contributed by atoms with Gasteiger partial charge in [-0.15, -0.1) is 0 Å². The molecule has 0 aliphatic carbocycles. The van der Waals surface area contributed by atoms with Gasteiger partial charge in [0.25, 0.3) is 5.91 Å². The van der Waals surface area contributed by atoms with Crippen LogP contribution in [0, 0.1) is 0 Å². The van der Waals surface area contributed by atoms with Crippen LogP contribution in [0.5, 0.6) is 28.7 Å². The van der Waals surface area contributed by atoms with Crippen molar-refractivity contribution >= 4 is 29.0 Å². The highest BCUT2D eigenvalue weighted by Crippen LogP contribution is 2.39. The minimum atomic E-state index is -0.646. The molecular formula is C36H35N3O7. The average molecular weight is 622 g/mol. The number of benzene rings is 4. The van der Waals surface area contributed by atoms with E-state index in [1.165, 1.54) is 39.7 Å². The van der Waals surface area contributed by atoms with E-state index in [0.29, 0.717) is 40.9 Å². The van der Waals surface area contributed by atoms with Gasteiger partial charge in [0.15, 0.2) is 23.0 Å². The first-order valence-electron chi connectivity index (χ1n) is 14.7. The summed E-state index contributed by atoms with van der Waals surface area (Å²) in [5, 5.41) is 5.18. The van der Waals surface area contributed by atoms with E-state index in [1.807, 2.05) is 49.4 Å². The minimum absolute atomic E-state index is 0.197. The summed E-state index contributed by atoms with van der Waals surface area (Å²) in [6.45, 7) is 4.23. The molecule has 10 nitrogen and oxygen atoms in total. The van der Waals surface area contributed by atoms with Gasteiger partial charge < -0.3 is 28.7 Å². The Morgan fingerprint density at radius 2 is 1.57 bits per heavy atom. The predicted octanol–water partition coefficient (Wildman–Crippen LogP) is 6.80. The van der Waals surface area contributed by atoms with Crippen molar-refractivity contribution in [1.82, 2.24) is 10.4 Å². The van der Waals surface area contributed by atoms with E-state index >= 15 is 0 Å². The number of hydrazone groups is 1. The second-order valence-electron chi connectivity index (χ2n) is 10.1. The first-order valence-corrected chi connectivity index (χ1v) is 14.7. The Morgan fingerprint density at radius 3 is 2.22 bits per heavy atom. The molecule has 0 atom stereocenters. The zero-order chi connectivity index (χ0) is 32.6. The molecule has 0 saturated heterocycles. The van der Waals surface area contributed by atoms with Gasteiger partial charge in [-0.25, -0.2) is 10.2 Å². The number of methoxy groups -OCH3 is 3. The maximum atomic E-state index is 13.4. The molecule has 2 N–H and O–H groups in total. The van der Waals surface area contributed by atoms with Crippen molar-refractivity contribution in [1.29, 1.82) is 0 Å². The van der Waals surface area contributed by atoms with Crippen LogP contribution in [0.3, 0.4) is 0 Å². The molecule has 0 saturated carbocycles. The Hall–Kier alpha value is -5.77. The van der Waals surface area contributed by atoms with Crippen LogP contribution in [-0.4, -0.2) is 51.0 Å². The number of nitrogens with one attached hydrogen (secondary N) is 2. The fourth-order valence-corrected chi connectivity index (χ4v) is 5.18. The van der Waals surface area contributed by atoms with Crippen LogP contribution in [0.2, 0.25) is 0 Å². The number of hydrogen-bond acceptors (Lipinski definition) is 8. The molecule has 0 aliphatic rings. The summed E-state index contributed by atoms with van der Waals surface area (Å²) in [5.41, 5.74) is 7.66. The van der Waals surface area contributed by atoms with Gasteiger partial charge in [0, 0.05) is 16.5 Å². The van der Waals surface area contributed by atoms with Crippen LogP contribution >= 0.6 is 0 Å². The third-order valence-electron chi connectivity index (χ3n) is 7.34. The molecule has 1 amide bonds. The summed E-state index contributed by atoms with van der Waals surface area (Å²) >= 11 is 0. The molecule has 0 unspecified atom stereocenters. The number of hydrogen-bond donors (Lipinski definition) is 2. The standard InChI is InChI=1S/C36H35N3O7/c1-6-23-14-11-15-26-31(24-12-9-8-10-13-24)33(38-32(23)26)35(40)39-37-21-22-16-17-27(28(18-22)45-7-2)46-36(41)25-19-29(42-3)34(44-5)30(20-25)43-4/h8-21,38H,6-7H2,1-5H3,(H,39,40). The van der Waals surface area contributed by atoms with Crippen LogP contribution in [0.15, 0.2) is 84.0 Å². The number of nitrogens with zero attached hydrogens (tertiary/aromatic N) is 1. The van der Waals surface area contributed by atoms with E-state index in [1.54, 1.807) is 18.2 Å². The molecule has 0 fully saturated rings. The Kier molecular flexibility index (Phi) is 9.87. The van der Waals surface area contributed by atoms with Gasteiger partial charge in [0.05, 0.1) is 39.7 Å². The van der Waals surface area contributed by atoms with Crippen LogP contribution in [0.4, 0.5) is 0 Å². The SMILES string of the molecule is CCOc1cc(C=NNC(=O)c2[nH]c3c(CC)cccc3c2-c2ccccc2)ccc1OC(=O)c1cc(OC)c(OC)c(OC)c1. The molecule has 10 heteroatoms. The average Bonchev–Trinajstić information content (AvgIpc) is 3.49. The number of amides is 1. The van der Waals surface area contributed by atoms with Crippen molar-refractivity contribution in [2.75, 3.05) is 27.9 Å². The number of carbonyl (C=O) groups excluding carboxylic acids is 2. The molecule has 4 aromatic carbocycles. The maximum absolute atomic E-state index is 13.4. The number of para-hydroxylation sites is 1. The van der Waals surface area contributed by atoms with E-state index in [2.05, 4.69) is 28.5 Å². The van der Waals surface area contributed by atoms with Gasteiger partial charge in [0.2, 0.25) is 5.75 Å². The predicted molar refractivity (Wildman–Crippen MR) is 177 cm³/mol. The van der Waals surface area contributed by atoms with Crippen LogP contribution in [0.1, 0.15) is 45.8 Å². The van der Waals surface area contributed by atoms with Gasteiger partial charge >= 0.3 is 5.97 Å². The largest absolute Gasteiger partial charge is 0.493 e. The molecule has 1 aromatic heterocycles. The molecule has 0 radical (unpaired) electrons. The summed E-state index contributed by atoms with van der Waals surface area (Å²) in [5.74, 6) is 0.510. The van der Waals surface area contributed by atoms with Crippen molar-refractivity contribution in [3.8, 4) is 39.9 Å². The summed E-state index contributed by atoms with van der Waals surface area (Å²) < 4.78 is 27.5. The number of aryl methyl sites for hydroxylation is 1. The summed E-state index contributed by atoms with van der Waals surface area (Å²) in [6.07, 6.45) is 2.31. The number of aromatic amines is 1. The Labute approximate surface area is 266 Å². The Morgan fingerprint density at radius 1 is 0.826 bits per heavy atom. The maximum Gasteiger partial charge on any atom is 0.343 e. The third-order valence-corrected chi connectivity index (χ3v) is 7.34. The molecule has 5 aromatic rings. The van der Waals surface area contributed by atoms with Gasteiger partial charge in [-0.3, -0.25) is 4.79 Å². The first kappa shape index (κ1) is 31.6. The van der Waals surface area contributed by atoms with E-state index in [-0.39, 0.29) is 17.2 Å². The van der Waals surface area contributed by atoms with E-state index < -0.39 is 5.97 Å². The smallest absolute Gasteiger partial charge is 0.343 e. The molecule has 236 valence electrons. The van der Waals surface area contributed by atoms with Crippen molar-refractivity contribution in [2.45, 2.75) is 20.3 Å². The zero-order valence-corrected chi connectivity index (χ0v) is 26.3. The van der Waals surface area contributed by atoms with Crippen LogP contribution < -0.4 is 29.1 Å². The Balaban J connectivity index is 1.37. The van der Waals surface area contributed by atoms with Gasteiger partial charge in [-0.2, -0.15) is 5.10 Å². The normalized spacial score (nSPS) is 11.0. The molecule has 0 spiro atoms. The summed E-state index contributed by atoms with van der Waals surface area (Å²) in [6, 6.07) is 23.8. The van der Waals surface area contributed by atoms with Crippen molar-refractivity contribution in [3.05, 3.63) is 101 Å². The Bertz CT molecular complexity index is 1870. The van der Waals surface area contributed by atoms with Gasteiger partial charge in [-0.05, 0) is 60.4 Å². The highest BCUT2D eigenvalue weighted by Gasteiger charge is 2.21. The third kappa shape index (κ3) is 6.51. The van der Waals surface area contributed by atoms with Crippen molar-refractivity contribution in [3.63, 3.8) is 0 Å². The summed E-state index contributed by atoms with van der Waals surface area (Å²) in [7, 11) is 4.41. The minimum Gasteiger partial charge on any atom is -0.493 e. The molecule has 1 heterocycles. The molecular weight excluding hydrogens is 586 g/mol. The molecule has 5 rings (SSSR count). The quantitative estimate of drug-likeness (QED) is 0.0680. The van der Waals surface area contributed by atoms with Crippen LogP contribution in [0.25, 0.3) is 22.0 Å². The van der Waals surface area contributed by atoms with Crippen molar-refractivity contribution in [2.24, 2.45) is 5.10 Å². The lowest BCUT2D eigenvalue weighted by Gasteiger charge is -2.15. The molecule has 0 aliphatic heterocycles. The van der Waals surface area contributed by atoms with Crippen LogP contribution in [-0.2, 0) is 6.42 Å². The monoisotopic (exact) mass is 621 g/mol.